The van der Waals surface area contributed by atoms with Crippen LogP contribution in [0.5, 0.6) is 0 Å². The number of nitrogens with zero attached hydrogens (tertiary/aromatic N) is 3. The molecule has 2 amide bonds. The number of hydrazine groups is 1. The maximum atomic E-state index is 12.8. The number of nitrogens with one attached hydrogen (secondary N) is 3. The van der Waals surface area contributed by atoms with E-state index in [1.165, 1.54) is 19.3 Å². The monoisotopic (exact) mass is 368 g/mol. The quantitative estimate of drug-likeness (QED) is 0.776. The second kappa shape index (κ2) is 7.32. The Balaban J connectivity index is 1.46. The maximum Gasteiger partial charge on any atom is 0.322 e. The predicted molar refractivity (Wildman–Crippen MR) is 106 cm³/mol. The highest BCUT2D eigenvalue weighted by Crippen LogP contribution is 2.31. The fourth-order valence-electron chi connectivity index (χ4n) is 4.31. The van der Waals surface area contributed by atoms with Gasteiger partial charge in [-0.25, -0.2) is 9.48 Å². The van der Waals surface area contributed by atoms with Crippen molar-refractivity contribution in [2.75, 3.05) is 18.9 Å². The standard InChI is InChI=1S/C20H28N6O/c1-13-7-4-5-10-18(13)26-19(11-14(2)24-26)21-20(27)25(3)12-17-15-8-6-9-16(15)22-23-17/h4-5,7,10-11,15-17,22-23H,6,8-9,12H2,1-3H3,(H,21,27). The summed E-state index contributed by atoms with van der Waals surface area (Å²) in [5, 5.41) is 7.59. The summed E-state index contributed by atoms with van der Waals surface area (Å²) in [6, 6.07) is 10.7. The minimum absolute atomic E-state index is 0.118. The largest absolute Gasteiger partial charge is 0.326 e. The van der Waals surface area contributed by atoms with Crippen molar-refractivity contribution in [3.8, 4) is 5.69 Å². The molecule has 2 aliphatic rings. The molecule has 144 valence electrons. The fourth-order valence-corrected chi connectivity index (χ4v) is 4.31. The van der Waals surface area contributed by atoms with Crippen molar-refractivity contribution in [3.05, 3.63) is 41.6 Å². The molecule has 7 nitrogen and oxygen atoms in total. The summed E-state index contributed by atoms with van der Waals surface area (Å²) in [7, 11) is 1.85. The van der Waals surface area contributed by atoms with Gasteiger partial charge in [-0.15, -0.1) is 0 Å². The molecule has 2 aromatic rings. The summed E-state index contributed by atoms with van der Waals surface area (Å²) in [6.45, 7) is 4.65. The molecular weight excluding hydrogens is 340 g/mol. The zero-order valence-corrected chi connectivity index (χ0v) is 16.2. The molecular formula is C20H28N6O. The number of benzene rings is 1. The van der Waals surface area contributed by atoms with Gasteiger partial charge in [0, 0.05) is 31.7 Å². The van der Waals surface area contributed by atoms with E-state index in [-0.39, 0.29) is 6.03 Å². The summed E-state index contributed by atoms with van der Waals surface area (Å²) >= 11 is 0. The highest BCUT2D eigenvalue weighted by molar-refractivity contribution is 5.88. The van der Waals surface area contributed by atoms with Gasteiger partial charge in [-0.2, -0.15) is 5.10 Å². The van der Waals surface area contributed by atoms with Gasteiger partial charge in [-0.3, -0.25) is 16.2 Å². The van der Waals surface area contributed by atoms with E-state index < -0.39 is 0 Å². The average molecular weight is 368 g/mol. The number of para-hydroxylation sites is 1. The SMILES string of the molecule is Cc1cc(NC(=O)N(C)CC2NNC3CCCC32)n(-c2ccccc2C)n1. The fraction of sp³-hybridized carbons (Fsp3) is 0.500. The molecule has 4 rings (SSSR count). The number of carbonyl (C=O) groups is 1. The second-order valence-corrected chi connectivity index (χ2v) is 7.78. The van der Waals surface area contributed by atoms with Crippen LogP contribution >= 0.6 is 0 Å². The Bertz CT molecular complexity index is 832. The van der Waals surface area contributed by atoms with Gasteiger partial charge in [0.05, 0.1) is 11.4 Å². The molecule has 0 bridgehead atoms. The molecule has 1 aromatic heterocycles. The van der Waals surface area contributed by atoms with Gasteiger partial charge in [0.15, 0.2) is 0 Å². The van der Waals surface area contributed by atoms with E-state index in [2.05, 4.69) is 21.3 Å². The van der Waals surface area contributed by atoms with E-state index in [4.69, 9.17) is 0 Å². The minimum atomic E-state index is -0.118. The van der Waals surface area contributed by atoms with Crippen molar-refractivity contribution < 1.29 is 4.79 Å². The van der Waals surface area contributed by atoms with Crippen LogP contribution in [0.3, 0.4) is 0 Å². The maximum absolute atomic E-state index is 12.8. The first kappa shape index (κ1) is 18.0. The summed E-state index contributed by atoms with van der Waals surface area (Å²) < 4.78 is 1.80. The van der Waals surface area contributed by atoms with Gasteiger partial charge in [-0.1, -0.05) is 24.6 Å². The first-order valence-corrected chi connectivity index (χ1v) is 9.69. The van der Waals surface area contributed by atoms with Crippen LogP contribution in [0.4, 0.5) is 10.6 Å². The van der Waals surface area contributed by atoms with Crippen LogP contribution < -0.4 is 16.2 Å². The van der Waals surface area contributed by atoms with Gasteiger partial charge < -0.3 is 4.90 Å². The molecule has 3 atom stereocenters. The zero-order valence-electron chi connectivity index (χ0n) is 16.2. The Kier molecular flexibility index (Phi) is 4.88. The molecule has 7 heteroatoms. The molecule has 2 fully saturated rings. The number of rotatable bonds is 4. The second-order valence-electron chi connectivity index (χ2n) is 7.78. The lowest BCUT2D eigenvalue weighted by atomic mass is 9.97. The smallest absolute Gasteiger partial charge is 0.322 e. The Morgan fingerprint density at radius 2 is 2.11 bits per heavy atom. The molecule has 3 unspecified atom stereocenters. The van der Waals surface area contributed by atoms with Crippen molar-refractivity contribution in [2.45, 2.75) is 45.2 Å². The topological polar surface area (TPSA) is 74.2 Å². The molecule has 1 aliphatic heterocycles. The number of urea groups is 1. The van der Waals surface area contributed by atoms with Crippen LogP contribution in [0.2, 0.25) is 0 Å². The molecule has 1 aliphatic carbocycles. The van der Waals surface area contributed by atoms with Crippen molar-refractivity contribution in [3.63, 3.8) is 0 Å². The lowest BCUT2D eigenvalue weighted by molar-refractivity contribution is 0.213. The third kappa shape index (κ3) is 3.57. The normalized spacial score (nSPS) is 24.0. The molecule has 2 heterocycles. The highest BCUT2D eigenvalue weighted by atomic mass is 16.2. The third-order valence-electron chi connectivity index (χ3n) is 5.77. The Hall–Kier alpha value is -2.38. The number of aromatic nitrogens is 2. The third-order valence-corrected chi connectivity index (χ3v) is 5.77. The molecule has 1 saturated heterocycles. The minimum Gasteiger partial charge on any atom is -0.326 e. The van der Waals surface area contributed by atoms with E-state index >= 15 is 0 Å². The first-order valence-electron chi connectivity index (χ1n) is 9.69. The number of anilines is 1. The van der Waals surface area contributed by atoms with Crippen molar-refractivity contribution in [1.82, 2.24) is 25.5 Å². The molecule has 27 heavy (non-hydrogen) atoms. The summed E-state index contributed by atoms with van der Waals surface area (Å²) in [5.41, 5.74) is 9.70. The predicted octanol–water partition coefficient (Wildman–Crippen LogP) is 2.60. The Morgan fingerprint density at radius 1 is 1.30 bits per heavy atom. The van der Waals surface area contributed by atoms with E-state index in [0.717, 1.165) is 16.9 Å². The number of carbonyl (C=O) groups excluding carboxylic acids is 1. The zero-order chi connectivity index (χ0) is 19.0. The van der Waals surface area contributed by atoms with Gasteiger partial charge in [-0.05, 0) is 44.2 Å². The van der Waals surface area contributed by atoms with Gasteiger partial charge in [0.2, 0.25) is 0 Å². The number of likely N-dealkylation sites (N-methyl/N-ethyl adjacent to an activating group) is 1. The summed E-state index contributed by atoms with van der Waals surface area (Å²) in [5.74, 6) is 1.30. The molecule has 1 saturated carbocycles. The van der Waals surface area contributed by atoms with Gasteiger partial charge >= 0.3 is 6.03 Å². The van der Waals surface area contributed by atoms with Gasteiger partial charge in [0.1, 0.15) is 5.82 Å². The van der Waals surface area contributed by atoms with Crippen LogP contribution in [0, 0.1) is 19.8 Å². The number of amides is 2. The highest BCUT2D eigenvalue weighted by Gasteiger charge is 2.39. The average Bonchev–Trinajstić information content (AvgIpc) is 3.33. The van der Waals surface area contributed by atoms with E-state index in [1.54, 1.807) is 9.58 Å². The van der Waals surface area contributed by atoms with E-state index in [9.17, 15) is 4.79 Å². The van der Waals surface area contributed by atoms with Crippen LogP contribution in [0.15, 0.2) is 30.3 Å². The number of fused-ring (bicyclic) bond motifs is 1. The first-order chi connectivity index (χ1) is 13.0. The number of hydrogen-bond donors (Lipinski definition) is 3. The summed E-state index contributed by atoms with van der Waals surface area (Å²) in [6.07, 6.45) is 3.72. The molecule has 0 radical (unpaired) electrons. The van der Waals surface area contributed by atoms with Crippen molar-refractivity contribution >= 4 is 11.8 Å². The molecule has 0 spiro atoms. The number of aryl methyl sites for hydroxylation is 2. The van der Waals surface area contributed by atoms with Crippen LogP contribution in [0.25, 0.3) is 5.69 Å². The van der Waals surface area contributed by atoms with Crippen molar-refractivity contribution in [1.29, 1.82) is 0 Å². The van der Waals surface area contributed by atoms with E-state index in [1.807, 2.05) is 51.2 Å². The molecule has 1 aromatic carbocycles. The molecule has 3 N–H and O–H groups in total. The van der Waals surface area contributed by atoms with Crippen molar-refractivity contribution in [2.24, 2.45) is 5.92 Å². The Morgan fingerprint density at radius 3 is 2.93 bits per heavy atom. The Labute approximate surface area is 160 Å². The lowest BCUT2D eigenvalue weighted by Gasteiger charge is -2.24. The van der Waals surface area contributed by atoms with Crippen LogP contribution in [-0.2, 0) is 0 Å². The number of hydrogen-bond acceptors (Lipinski definition) is 4. The van der Waals surface area contributed by atoms with Crippen LogP contribution in [-0.4, -0.2) is 46.4 Å². The summed E-state index contributed by atoms with van der Waals surface area (Å²) in [4.78, 5) is 14.6. The van der Waals surface area contributed by atoms with Gasteiger partial charge in [0.25, 0.3) is 0 Å². The van der Waals surface area contributed by atoms with Crippen LogP contribution in [0.1, 0.15) is 30.5 Å². The van der Waals surface area contributed by atoms with E-state index in [0.29, 0.717) is 30.4 Å². The lowest BCUT2D eigenvalue weighted by Crippen LogP contribution is -2.44.